The molecule has 1 N–H and O–H groups in total. The lowest BCUT2D eigenvalue weighted by molar-refractivity contribution is -0.139. The molecule has 24 heavy (non-hydrogen) atoms. The van der Waals surface area contributed by atoms with Gasteiger partial charge in [-0.1, -0.05) is 30.3 Å². The minimum absolute atomic E-state index is 0.261. The molecule has 1 aliphatic heterocycles. The minimum atomic E-state index is -0.958. The predicted molar refractivity (Wildman–Crippen MR) is 91.0 cm³/mol. The molecule has 1 heterocycles. The van der Waals surface area contributed by atoms with Gasteiger partial charge in [0.15, 0.2) is 0 Å². The van der Waals surface area contributed by atoms with Gasteiger partial charge in [-0.2, -0.15) is 0 Å². The Labute approximate surface area is 142 Å². The molecular formula is C19H23NO4. The molecule has 1 aromatic rings. The predicted octanol–water partition coefficient (Wildman–Crippen LogP) is 2.83. The molecular weight excluding hydrogens is 306 g/mol. The van der Waals surface area contributed by atoms with Crippen molar-refractivity contribution < 1.29 is 19.1 Å². The smallest absolute Gasteiger partial charge is 0.337 e. The Hall–Kier alpha value is -2.56. The van der Waals surface area contributed by atoms with Crippen LogP contribution in [0.15, 0.2) is 52.9 Å². The molecule has 0 amide bonds. The molecule has 0 bridgehead atoms. The van der Waals surface area contributed by atoms with E-state index in [0.29, 0.717) is 22.5 Å². The van der Waals surface area contributed by atoms with Crippen LogP contribution in [0.4, 0.5) is 0 Å². The second kappa shape index (κ2) is 6.91. The van der Waals surface area contributed by atoms with E-state index in [1.807, 2.05) is 44.2 Å². The van der Waals surface area contributed by atoms with Gasteiger partial charge in [-0.3, -0.25) is 0 Å². The summed E-state index contributed by atoms with van der Waals surface area (Å²) >= 11 is 0. The van der Waals surface area contributed by atoms with E-state index < -0.39 is 17.4 Å². The average molecular weight is 329 g/mol. The van der Waals surface area contributed by atoms with E-state index in [-0.39, 0.29) is 6.61 Å². The summed E-state index contributed by atoms with van der Waals surface area (Å²) < 4.78 is 10.2. The van der Waals surface area contributed by atoms with Gasteiger partial charge in [0.2, 0.25) is 0 Å². The Bertz CT molecular complexity index is 718. The third-order valence-electron chi connectivity index (χ3n) is 4.35. The van der Waals surface area contributed by atoms with E-state index in [0.717, 1.165) is 5.56 Å². The number of allylic oxidation sites excluding steroid dienone is 2. The fourth-order valence-corrected chi connectivity index (χ4v) is 3.36. The zero-order valence-electron chi connectivity index (χ0n) is 14.7. The molecule has 5 heteroatoms. The molecule has 1 aliphatic rings. The standard InChI is InChI=1S/C19H23NO4/c1-6-24-18(22)16-13(3)20-12(2)15(17(21)23-5)19(16,4)14-10-8-7-9-11-14/h7-11,20H,6H2,1-5H3. The molecule has 0 saturated heterocycles. The molecule has 0 aromatic heterocycles. The molecule has 0 fully saturated rings. The number of dihydropyridines is 1. The minimum Gasteiger partial charge on any atom is -0.466 e. The first-order valence-corrected chi connectivity index (χ1v) is 7.88. The summed E-state index contributed by atoms with van der Waals surface area (Å²) in [6, 6.07) is 9.45. The summed E-state index contributed by atoms with van der Waals surface area (Å²) in [7, 11) is 1.34. The number of ether oxygens (including phenoxy) is 2. The number of methoxy groups -OCH3 is 1. The van der Waals surface area contributed by atoms with E-state index in [1.54, 1.807) is 13.8 Å². The van der Waals surface area contributed by atoms with Gasteiger partial charge in [-0.05, 0) is 33.3 Å². The van der Waals surface area contributed by atoms with Crippen LogP contribution in [0.5, 0.6) is 0 Å². The number of hydrogen-bond acceptors (Lipinski definition) is 5. The Morgan fingerprint density at radius 2 is 1.58 bits per heavy atom. The Balaban J connectivity index is 2.76. The first-order valence-electron chi connectivity index (χ1n) is 7.88. The number of carbonyl (C=O) groups is 2. The Kier molecular flexibility index (Phi) is 5.12. The van der Waals surface area contributed by atoms with E-state index in [9.17, 15) is 9.59 Å². The van der Waals surface area contributed by atoms with E-state index in [1.165, 1.54) is 7.11 Å². The fraction of sp³-hybridized carbons (Fsp3) is 0.368. The summed E-state index contributed by atoms with van der Waals surface area (Å²) in [4.78, 5) is 25.2. The van der Waals surface area contributed by atoms with Crippen molar-refractivity contribution in [2.75, 3.05) is 13.7 Å². The van der Waals surface area contributed by atoms with Gasteiger partial charge in [0, 0.05) is 11.4 Å². The van der Waals surface area contributed by atoms with Crippen molar-refractivity contribution in [2.45, 2.75) is 33.1 Å². The van der Waals surface area contributed by atoms with Crippen LogP contribution in [0, 0.1) is 0 Å². The highest BCUT2D eigenvalue weighted by Gasteiger charge is 2.47. The highest BCUT2D eigenvalue weighted by atomic mass is 16.5. The second-order valence-corrected chi connectivity index (χ2v) is 5.83. The summed E-state index contributed by atoms with van der Waals surface area (Å²) in [5.41, 5.74) is 2.03. The van der Waals surface area contributed by atoms with Crippen LogP contribution in [-0.4, -0.2) is 25.7 Å². The molecule has 1 unspecified atom stereocenters. The topological polar surface area (TPSA) is 64.6 Å². The maximum absolute atomic E-state index is 12.7. The van der Waals surface area contributed by atoms with Crippen LogP contribution in [0.2, 0.25) is 0 Å². The summed E-state index contributed by atoms with van der Waals surface area (Å²) in [6.45, 7) is 7.49. The van der Waals surface area contributed by atoms with Crippen molar-refractivity contribution in [3.8, 4) is 0 Å². The van der Waals surface area contributed by atoms with Crippen LogP contribution in [0.3, 0.4) is 0 Å². The fourth-order valence-electron chi connectivity index (χ4n) is 3.36. The van der Waals surface area contributed by atoms with Crippen LogP contribution < -0.4 is 5.32 Å². The Morgan fingerprint density at radius 3 is 2.08 bits per heavy atom. The first kappa shape index (κ1) is 17.8. The monoisotopic (exact) mass is 329 g/mol. The van der Waals surface area contributed by atoms with Gasteiger partial charge in [-0.25, -0.2) is 9.59 Å². The van der Waals surface area contributed by atoms with Crippen LogP contribution >= 0.6 is 0 Å². The summed E-state index contributed by atoms with van der Waals surface area (Å²) in [6.07, 6.45) is 0. The lowest BCUT2D eigenvalue weighted by Crippen LogP contribution is -2.43. The SMILES string of the molecule is CCOC(=O)C1=C(C)NC(C)=C(C(=O)OC)C1(C)c1ccccc1. The van der Waals surface area contributed by atoms with E-state index in [4.69, 9.17) is 9.47 Å². The van der Waals surface area contributed by atoms with Crippen molar-refractivity contribution in [1.82, 2.24) is 5.32 Å². The molecule has 0 spiro atoms. The quantitative estimate of drug-likeness (QED) is 0.861. The van der Waals surface area contributed by atoms with E-state index >= 15 is 0 Å². The number of rotatable bonds is 4. The molecule has 2 rings (SSSR count). The van der Waals surface area contributed by atoms with Crippen molar-refractivity contribution in [1.29, 1.82) is 0 Å². The molecule has 1 aromatic carbocycles. The summed E-state index contributed by atoms with van der Waals surface area (Å²) in [5.74, 6) is -0.914. The van der Waals surface area contributed by atoms with Crippen molar-refractivity contribution in [3.63, 3.8) is 0 Å². The van der Waals surface area contributed by atoms with E-state index in [2.05, 4.69) is 5.32 Å². The molecule has 0 aliphatic carbocycles. The van der Waals surface area contributed by atoms with Gasteiger partial charge in [0.25, 0.3) is 0 Å². The normalized spacial score (nSPS) is 20.5. The van der Waals surface area contributed by atoms with Crippen molar-refractivity contribution >= 4 is 11.9 Å². The highest BCUT2D eigenvalue weighted by molar-refractivity contribution is 6.01. The third-order valence-corrected chi connectivity index (χ3v) is 4.35. The lowest BCUT2D eigenvalue weighted by Gasteiger charge is -2.39. The van der Waals surface area contributed by atoms with Crippen molar-refractivity contribution in [2.24, 2.45) is 0 Å². The maximum atomic E-state index is 12.7. The van der Waals surface area contributed by atoms with Crippen LogP contribution in [-0.2, 0) is 24.5 Å². The molecule has 0 saturated carbocycles. The third kappa shape index (κ3) is 2.82. The zero-order valence-corrected chi connectivity index (χ0v) is 14.7. The van der Waals surface area contributed by atoms with Gasteiger partial charge in [0.1, 0.15) is 0 Å². The lowest BCUT2D eigenvalue weighted by atomic mass is 9.67. The number of carbonyl (C=O) groups excluding carboxylic acids is 2. The molecule has 1 atom stereocenters. The van der Waals surface area contributed by atoms with Gasteiger partial charge in [-0.15, -0.1) is 0 Å². The number of nitrogens with one attached hydrogen (secondary N) is 1. The van der Waals surface area contributed by atoms with Crippen LogP contribution in [0.25, 0.3) is 0 Å². The number of benzene rings is 1. The second-order valence-electron chi connectivity index (χ2n) is 5.83. The molecule has 0 radical (unpaired) electrons. The first-order chi connectivity index (χ1) is 11.4. The van der Waals surface area contributed by atoms with Gasteiger partial charge in [0.05, 0.1) is 30.3 Å². The highest BCUT2D eigenvalue weighted by Crippen LogP contribution is 2.44. The molecule has 5 nitrogen and oxygen atoms in total. The maximum Gasteiger partial charge on any atom is 0.337 e. The van der Waals surface area contributed by atoms with Gasteiger partial charge < -0.3 is 14.8 Å². The van der Waals surface area contributed by atoms with Crippen molar-refractivity contribution in [3.05, 3.63) is 58.4 Å². The molecule has 128 valence electrons. The average Bonchev–Trinajstić information content (AvgIpc) is 2.55. The number of esters is 2. The summed E-state index contributed by atoms with van der Waals surface area (Å²) in [5, 5.41) is 3.12. The zero-order chi connectivity index (χ0) is 17.9. The Morgan fingerprint density at radius 1 is 1.04 bits per heavy atom. The number of hydrogen-bond donors (Lipinski definition) is 1. The van der Waals surface area contributed by atoms with Crippen LogP contribution in [0.1, 0.15) is 33.3 Å². The van der Waals surface area contributed by atoms with Gasteiger partial charge >= 0.3 is 11.9 Å². The largest absolute Gasteiger partial charge is 0.466 e.